The molecule has 1 aliphatic carbocycles. The van der Waals surface area contributed by atoms with Gasteiger partial charge in [-0.2, -0.15) is 5.10 Å². The summed E-state index contributed by atoms with van der Waals surface area (Å²) in [7, 11) is 0. The van der Waals surface area contributed by atoms with Crippen LogP contribution >= 0.6 is 0 Å². The predicted molar refractivity (Wildman–Crippen MR) is 79.2 cm³/mol. The van der Waals surface area contributed by atoms with Crippen LogP contribution in [0.1, 0.15) is 45.7 Å². The molecule has 1 aromatic heterocycles. The Morgan fingerprint density at radius 3 is 2.63 bits per heavy atom. The summed E-state index contributed by atoms with van der Waals surface area (Å²) in [6, 6.07) is 4.91. The van der Waals surface area contributed by atoms with Gasteiger partial charge in [0.1, 0.15) is 0 Å². The minimum atomic E-state index is 0.660. The van der Waals surface area contributed by atoms with E-state index in [1.165, 1.54) is 12.8 Å². The zero-order chi connectivity index (χ0) is 13.7. The van der Waals surface area contributed by atoms with Crippen molar-refractivity contribution in [3.63, 3.8) is 0 Å². The normalized spacial score (nSPS) is 14.9. The summed E-state index contributed by atoms with van der Waals surface area (Å²) < 4.78 is 0. The number of nitrogens with zero attached hydrogens (tertiary/aromatic N) is 3. The molecule has 0 aliphatic heterocycles. The van der Waals surface area contributed by atoms with Gasteiger partial charge in [0.2, 0.25) is 0 Å². The molecular formula is C15H26N4. The van der Waals surface area contributed by atoms with Crippen molar-refractivity contribution in [1.29, 1.82) is 0 Å². The summed E-state index contributed by atoms with van der Waals surface area (Å²) in [6.45, 7) is 9.60. The minimum Gasteiger partial charge on any atom is -0.352 e. The summed E-state index contributed by atoms with van der Waals surface area (Å²) in [5.74, 6) is 1.70. The van der Waals surface area contributed by atoms with E-state index < -0.39 is 0 Å². The maximum Gasteiger partial charge on any atom is 0.151 e. The predicted octanol–water partition coefficient (Wildman–Crippen LogP) is 2.60. The van der Waals surface area contributed by atoms with Gasteiger partial charge in [0, 0.05) is 19.1 Å². The van der Waals surface area contributed by atoms with Crippen molar-refractivity contribution in [2.24, 2.45) is 5.92 Å². The van der Waals surface area contributed by atoms with Crippen molar-refractivity contribution in [1.82, 2.24) is 15.5 Å². The van der Waals surface area contributed by atoms with Gasteiger partial charge in [0.25, 0.3) is 0 Å². The molecule has 106 valence electrons. The van der Waals surface area contributed by atoms with Gasteiger partial charge in [-0.05, 0) is 43.9 Å². The average molecular weight is 262 g/mol. The molecule has 1 aliphatic rings. The molecule has 1 fully saturated rings. The summed E-state index contributed by atoms with van der Waals surface area (Å²) in [5, 5.41) is 12.1. The van der Waals surface area contributed by atoms with Crippen molar-refractivity contribution in [2.45, 2.75) is 52.6 Å². The lowest BCUT2D eigenvalue weighted by atomic mass is 10.2. The van der Waals surface area contributed by atoms with E-state index >= 15 is 0 Å². The molecule has 0 aromatic carbocycles. The lowest BCUT2D eigenvalue weighted by Crippen LogP contribution is -2.31. The largest absolute Gasteiger partial charge is 0.352 e. The third-order valence-electron chi connectivity index (χ3n) is 3.28. The molecule has 1 N–H and O–H groups in total. The molecule has 0 amide bonds. The standard InChI is InChI=1S/C15H26N4/c1-4-9-16-10-13-5-8-15(18-17-13)19(11-12(2)3)14-6-7-14/h5,8,12,14,16H,4,6-7,9-11H2,1-3H3. The molecule has 0 atom stereocenters. The Labute approximate surface area is 116 Å². The lowest BCUT2D eigenvalue weighted by Gasteiger charge is -2.25. The third kappa shape index (κ3) is 4.46. The highest BCUT2D eigenvalue weighted by Crippen LogP contribution is 2.30. The smallest absolute Gasteiger partial charge is 0.151 e. The maximum absolute atomic E-state index is 4.41. The molecule has 1 heterocycles. The van der Waals surface area contributed by atoms with E-state index in [4.69, 9.17) is 0 Å². The number of rotatable bonds is 8. The number of nitrogens with one attached hydrogen (secondary N) is 1. The van der Waals surface area contributed by atoms with Gasteiger partial charge < -0.3 is 10.2 Å². The van der Waals surface area contributed by atoms with E-state index in [1.807, 2.05) is 0 Å². The quantitative estimate of drug-likeness (QED) is 0.731. The van der Waals surface area contributed by atoms with Gasteiger partial charge in [-0.1, -0.05) is 20.8 Å². The Bertz CT molecular complexity index is 370. The summed E-state index contributed by atoms with van der Waals surface area (Å²) >= 11 is 0. The van der Waals surface area contributed by atoms with E-state index in [0.29, 0.717) is 12.0 Å². The first-order chi connectivity index (χ1) is 9.20. The van der Waals surface area contributed by atoms with E-state index in [-0.39, 0.29) is 0 Å². The molecule has 0 spiro atoms. The highest BCUT2D eigenvalue weighted by atomic mass is 15.3. The number of hydrogen-bond donors (Lipinski definition) is 1. The Hall–Kier alpha value is -1.16. The van der Waals surface area contributed by atoms with Crippen LogP contribution in [0.4, 0.5) is 5.82 Å². The second-order valence-electron chi connectivity index (χ2n) is 5.84. The van der Waals surface area contributed by atoms with Crippen molar-refractivity contribution >= 4 is 5.82 Å². The van der Waals surface area contributed by atoms with Crippen LogP contribution in [0.2, 0.25) is 0 Å². The second kappa shape index (κ2) is 6.85. The Kier molecular flexibility index (Phi) is 5.14. The molecule has 4 heteroatoms. The average Bonchev–Trinajstić information content (AvgIpc) is 3.21. The third-order valence-corrected chi connectivity index (χ3v) is 3.28. The van der Waals surface area contributed by atoms with Gasteiger partial charge in [0.05, 0.1) is 5.69 Å². The molecule has 1 saturated carbocycles. The fourth-order valence-corrected chi connectivity index (χ4v) is 2.20. The molecule has 2 rings (SSSR count). The molecule has 0 bridgehead atoms. The molecule has 0 unspecified atom stereocenters. The number of aromatic nitrogens is 2. The van der Waals surface area contributed by atoms with E-state index in [1.54, 1.807) is 0 Å². The van der Waals surface area contributed by atoms with Gasteiger partial charge in [0.15, 0.2) is 5.82 Å². The Morgan fingerprint density at radius 2 is 2.11 bits per heavy atom. The molecule has 1 aromatic rings. The minimum absolute atomic E-state index is 0.660. The fraction of sp³-hybridized carbons (Fsp3) is 0.733. The first kappa shape index (κ1) is 14.3. The fourth-order valence-electron chi connectivity index (χ4n) is 2.20. The summed E-state index contributed by atoms with van der Waals surface area (Å²) in [4.78, 5) is 2.42. The molecule has 0 saturated heterocycles. The van der Waals surface area contributed by atoms with Crippen LogP contribution < -0.4 is 10.2 Å². The van der Waals surface area contributed by atoms with Crippen molar-refractivity contribution in [2.75, 3.05) is 18.0 Å². The van der Waals surface area contributed by atoms with Crippen LogP contribution in [0.15, 0.2) is 12.1 Å². The van der Waals surface area contributed by atoms with Crippen molar-refractivity contribution in [3.8, 4) is 0 Å². The molecule has 19 heavy (non-hydrogen) atoms. The highest BCUT2D eigenvalue weighted by molar-refractivity contribution is 5.40. The van der Waals surface area contributed by atoms with Crippen LogP contribution in [0.25, 0.3) is 0 Å². The van der Waals surface area contributed by atoms with Gasteiger partial charge >= 0.3 is 0 Å². The van der Waals surface area contributed by atoms with E-state index in [9.17, 15) is 0 Å². The molecule has 0 radical (unpaired) electrons. The zero-order valence-electron chi connectivity index (χ0n) is 12.4. The van der Waals surface area contributed by atoms with Crippen LogP contribution in [0.3, 0.4) is 0 Å². The monoisotopic (exact) mass is 262 g/mol. The van der Waals surface area contributed by atoms with Gasteiger partial charge in [-0.15, -0.1) is 5.10 Å². The van der Waals surface area contributed by atoms with E-state index in [2.05, 4.69) is 53.3 Å². The number of anilines is 1. The SMILES string of the molecule is CCCNCc1ccc(N(CC(C)C)C2CC2)nn1. The molecule has 4 nitrogen and oxygen atoms in total. The highest BCUT2D eigenvalue weighted by Gasteiger charge is 2.30. The van der Waals surface area contributed by atoms with Crippen molar-refractivity contribution in [3.05, 3.63) is 17.8 Å². The Balaban J connectivity index is 1.95. The Morgan fingerprint density at radius 1 is 1.32 bits per heavy atom. The number of hydrogen-bond acceptors (Lipinski definition) is 4. The van der Waals surface area contributed by atoms with Gasteiger partial charge in [-0.25, -0.2) is 0 Å². The van der Waals surface area contributed by atoms with E-state index in [0.717, 1.165) is 37.6 Å². The van der Waals surface area contributed by atoms with Crippen LogP contribution in [-0.2, 0) is 6.54 Å². The first-order valence-corrected chi connectivity index (χ1v) is 7.50. The molecular weight excluding hydrogens is 236 g/mol. The van der Waals surface area contributed by atoms with Gasteiger partial charge in [-0.3, -0.25) is 0 Å². The maximum atomic E-state index is 4.41. The van der Waals surface area contributed by atoms with Crippen LogP contribution in [0, 0.1) is 5.92 Å². The summed E-state index contributed by atoms with van der Waals surface area (Å²) in [6.07, 6.45) is 3.75. The second-order valence-corrected chi connectivity index (χ2v) is 5.84. The lowest BCUT2D eigenvalue weighted by molar-refractivity contribution is 0.597. The topological polar surface area (TPSA) is 41.0 Å². The van der Waals surface area contributed by atoms with Crippen LogP contribution in [0.5, 0.6) is 0 Å². The first-order valence-electron chi connectivity index (χ1n) is 7.50. The summed E-state index contributed by atoms with van der Waals surface area (Å²) in [5.41, 5.74) is 1.03. The van der Waals surface area contributed by atoms with Crippen LogP contribution in [-0.4, -0.2) is 29.3 Å². The zero-order valence-corrected chi connectivity index (χ0v) is 12.4. The van der Waals surface area contributed by atoms with Crippen molar-refractivity contribution < 1.29 is 0 Å².